The summed E-state index contributed by atoms with van der Waals surface area (Å²) in [7, 11) is 0. The summed E-state index contributed by atoms with van der Waals surface area (Å²) in [5.41, 5.74) is 2.28. The van der Waals surface area contributed by atoms with E-state index in [2.05, 4.69) is 26.2 Å². The number of anilines is 1. The molecule has 0 aliphatic heterocycles. The fourth-order valence-electron chi connectivity index (χ4n) is 3.34. The van der Waals surface area contributed by atoms with E-state index in [1.54, 1.807) is 25.1 Å². The topological polar surface area (TPSA) is 46.9 Å². The normalized spacial score (nSPS) is 11.0. The second-order valence-electron chi connectivity index (χ2n) is 6.98. The Kier molecular flexibility index (Phi) is 5.93. The molecule has 4 nitrogen and oxygen atoms in total. The minimum absolute atomic E-state index is 0.218. The second kappa shape index (κ2) is 8.64. The van der Waals surface area contributed by atoms with E-state index in [0.29, 0.717) is 38.6 Å². The Morgan fingerprint density at radius 3 is 2.71 bits per heavy atom. The summed E-state index contributed by atoms with van der Waals surface area (Å²) in [6, 6.07) is 15.9. The first kappa shape index (κ1) is 21.3. The molecule has 0 saturated carbocycles. The third-order valence-corrected chi connectivity index (χ3v) is 5.59. The van der Waals surface area contributed by atoms with Crippen molar-refractivity contribution in [2.45, 2.75) is 13.3 Å². The monoisotopic (exact) mass is 499 g/mol. The van der Waals surface area contributed by atoms with Crippen molar-refractivity contribution in [3.63, 3.8) is 0 Å². The predicted molar refractivity (Wildman–Crippen MR) is 126 cm³/mol. The molecule has 8 heteroatoms. The SMILES string of the molecule is Cc1nc2ccc(F)cc2c(=O)n1-c1cccc(CC(=S)Nc2ccc(F)c(Br)c2)c1. The van der Waals surface area contributed by atoms with Crippen molar-refractivity contribution < 1.29 is 8.78 Å². The number of hydrogen-bond acceptors (Lipinski definition) is 3. The van der Waals surface area contributed by atoms with E-state index >= 15 is 0 Å². The van der Waals surface area contributed by atoms with Crippen molar-refractivity contribution in [2.24, 2.45) is 0 Å². The summed E-state index contributed by atoms with van der Waals surface area (Å²) in [5, 5.41) is 3.30. The van der Waals surface area contributed by atoms with Gasteiger partial charge in [-0.3, -0.25) is 9.36 Å². The van der Waals surface area contributed by atoms with Gasteiger partial charge in [-0.2, -0.15) is 0 Å². The van der Waals surface area contributed by atoms with Gasteiger partial charge in [-0.15, -0.1) is 0 Å². The molecule has 4 aromatic rings. The van der Waals surface area contributed by atoms with Crippen LogP contribution >= 0.6 is 28.1 Å². The summed E-state index contributed by atoms with van der Waals surface area (Å²) in [4.78, 5) is 18.0. The van der Waals surface area contributed by atoms with Crippen molar-refractivity contribution >= 4 is 49.7 Å². The number of aromatic nitrogens is 2. The lowest BCUT2D eigenvalue weighted by atomic mass is 10.1. The first-order chi connectivity index (χ1) is 14.8. The van der Waals surface area contributed by atoms with Crippen molar-refractivity contribution in [2.75, 3.05) is 5.32 Å². The molecule has 3 aromatic carbocycles. The molecular formula is C23H16BrF2N3OS. The standard InChI is InChI=1S/C23H16BrF2N3OS/c1-13-27-21-8-5-15(25)11-18(21)23(30)29(13)17-4-2-3-14(9-17)10-22(31)28-16-6-7-20(26)19(24)12-16/h2-9,11-12H,10H2,1H3,(H,28,31). The van der Waals surface area contributed by atoms with Crippen molar-refractivity contribution in [3.8, 4) is 5.69 Å². The summed E-state index contributed by atoms with van der Waals surface area (Å²) in [5.74, 6) is -0.341. The number of nitrogens with one attached hydrogen (secondary N) is 1. The zero-order chi connectivity index (χ0) is 22.1. The zero-order valence-corrected chi connectivity index (χ0v) is 18.7. The highest BCUT2D eigenvalue weighted by atomic mass is 79.9. The van der Waals surface area contributed by atoms with E-state index in [4.69, 9.17) is 12.2 Å². The van der Waals surface area contributed by atoms with Crippen molar-refractivity contribution in [3.05, 3.63) is 98.5 Å². The maximum absolute atomic E-state index is 13.7. The van der Waals surface area contributed by atoms with Gasteiger partial charge in [-0.25, -0.2) is 13.8 Å². The lowest BCUT2D eigenvalue weighted by Crippen LogP contribution is -2.22. The van der Waals surface area contributed by atoms with Crippen LogP contribution in [0.2, 0.25) is 0 Å². The number of rotatable bonds is 4. The number of fused-ring (bicyclic) bond motifs is 1. The van der Waals surface area contributed by atoms with E-state index in [0.717, 1.165) is 5.56 Å². The fourth-order valence-corrected chi connectivity index (χ4v) is 4.01. The van der Waals surface area contributed by atoms with Gasteiger partial charge in [0.15, 0.2) is 0 Å². The second-order valence-corrected chi connectivity index (χ2v) is 8.33. The third kappa shape index (κ3) is 4.55. The largest absolute Gasteiger partial charge is 0.350 e. The highest BCUT2D eigenvalue weighted by molar-refractivity contribution is 9.10. The number of benzene rings is 3. The first-order valence-corrected chi connectivity index (χ1v) is 10.5. The molecular weight excluding hydrogens is 484 g/mol. The molecule has 1 aromatic heterocycles. The summed E-state index contributed by atoms with van der Waals surface area (Å²) in [6.07, 6.45) is 0.418. The Hall–Kier alpha value is -2.97. The van der Waals surface area contributed by atoms with Gasteiger partial charge in [0.25, 0.3) is 5.56 Å². The number of thiocarbonyl (C=S) groups is 1. The summed E-state index contributed by atoms with van der Waals surface area (Å²) >= 11 is 8.59. The van der Waals surface area contributed by atoms with E-state index < -0.39 is 5.82 Å². The fraction of sp³-hybridized carbons (Fsp3) is 0.0870. The van der Waals surface area contributed by atoms with Crippen LogP contribution in [0.1, 0.15) is 11.4 Å². The quantitative estimate of drug-likeness (QED) is 0.365. The molecule has 4 rings (SSSR count). The molecule has 1 N–H and O–H groups in total. The molecule has 0 atom stereocenters. The molecule has 0 fully saturated rings. The minimum atomic E-state index is -0.487. The van der Waals surface area contributed by atoms with Crippen LogP contribution in [0.5, 0.6) is 0 Å². The first-order valence-electron chi connectivity index (χ1n) is 9.35. The average Bonchev–Trinajstić information content (AvgIpc) is 2.72. The molecule has 0 radical (unpaired) electrons. The van der Waals surface area contributed by atoms with Gasteiger partial charge < -0.3 is 5.32 Å². The van der Waals surface area contributed by atoms with Crippen LogP contribution in [0, 0.1) is 18.6 Å². The Morgan fingerprint density at radius 2 is 1.94 bits per heavy atom. The van der Waals surface area contributed by atoms with Crippen LogP contribution in [0.25, 0.3) is 16.6 Å². The van der Waals surface area contributed by atoms with E-state index in [-0.39, 0.29) is 16.8 Å². The van der Waals surface area contributed by atoms with Crippen molar-refractivity contribution in [1.29, 1.82) is 0 Å². The van der Waals surface area contributed by atoms with E-state index in [1.165, 1.54) is 28.8 Å². The third-order valence-electron chi connectivity index (χ3n) is 4.73. The maximum Gasteiger partial charge on any atom is 0.266 e. The van der Waals surface area contributed by atoms with E-state index in [9.17, 15) is 13.6 Å². The van der Waals surface area contributed by atoms with Crippen LogP contribution in [0.15, 0.2) is 69.9 Å². The number of nitrogens with zero attached hydrogens (tertiary/aromatic N) is 2. The number of hydrogen-bond donors (Lipinski definition) is 1. The van der Waals surface area contributed by atoms with Crippen LogP contribution in [0.4, 0.5) is 14.5 Å². The highest BCUT2D eigenvalue weighted by Crippen LogP contribution is 2.21. The van der Waals surface area contributed by atoms with Crippen LogP contribution in [-0.4, -0.2) is 14.5 Å². The lowest BCUT2D eigenvalue weighted by molar-refractivity contribution is 0.621. The molecule has 0 amide bonds. The highest BCUT2D eigenvalue weighted by Gasteiger charge is 2.12. The lowest BCUT2D eigenvalue weighted by Gasteiger charge is -2.13. The molecule has 0 unspecified atom stereocenters. The molecule has 0 aliphatic rings. The van der Waals surface area contributed by atoms with E-state index in [1.807, 2.05) is 18.2 Å². The Morgan fingerprint density at radius 1 is 1.13 bits per heavy atom. The molecule has 156 valence electrons. The summed E-state index contributed by atoms with van der Waals surface area (Å²) in [6.45, 7) is 1.73. The van der Waals surface area contributed by atoms with Crippen LogP contribution < -0.4 is 10.9 Å². The molecule has 0 aliphatic carbocycles. The van der Waals surface area contributed by atoms with Gasteiger partial charge >= 0.3 is 0 Å². The maximum atomic E-state index is 13.7. The number of aryl methyl sites for hydroxylation is 1. The average molecular weight is 500 g/mol. The van der Waals surface area contributed by atoms with Crippen molar-refractivity contribution in [1.82, 2.24) is 9.55 Å². The van der Waals surface area contributed by atoms with Crippen LogP contribution in [-0.2, 0) is 6.42 Å². The molecule has 31 heavy (non-hydrogen) atoms. The molecule has 0 saturated heterocycles. The molecule has 0 bridgehead atoms. The molecule has 0 spiro atoms. The van der Waals surface area contributed by atoms with Gasteiger partial charge in [0.1, 0.15) is 17.5 Å². The van der Waals surface area contributed by atoms with Gasteiger partial charge in [-0.1, -0.05) is 24.4 Å². The summed E-state index contributed by atoms with van der Waals surface area (Å²) < 4.78 is 28.9. The number of halogens is 3. The Bertz CT molecular complexity index is 1390. The van der Waals surface area contributed by atoms with Gasteiger partial charge in [-0.05, 0) is 76.9 Å². The predicted octanol–water partition coefficient (Wildman–Crippen LogP) is 5.72. The Labute approximate surface area is 190 Å². The smallest absolute Gasteiger partial charge is 0.266 e. The Balaban J connectivity index is 1.63. The molecule has 1 heterocycles. The van der Waals surface area contributed by atoms with Gasteiger partial charge in [0.05, 0.1) is 26.1 Å². The minimum Gasteiger partial charge on any atom is -0.350 e. The van der Waals surface area contributed by atoms with Crippen LogP contribution in [0.3, 0.4) is 0 Å². The van der Waals surface area contributed by atoms with Gasteiger partial charge in [0.2, 0.25) is 0 Å². The van der Waals surface area contributed by atoms with Gasteiger partial charge in [0, 0.05) is 12.1 Å². The zero-order valence-electron chi connectivity index (χ0n) is 16.3.